The Morgan fingerprint density at radius 2 is 2.13 bits per heavy atom. The molecule has 2 N–H and O–H groups in total. The minimum absolute atomic E-state index is 0.254. The van der Waals surface area contributed by atoms with Gasteiger partial charge < -0.3 is 15.4 Å². The van der Waals surface area contributed by atoms with Crippen molar-refractivity contribution in [3.05, 3.63) is 47.4 Å². The van der Waals surface area contributed by atoms with Gasteiger partial charge in [0.1, 0.15) is 11.6 Å². The summed E-state index contributed by atoms with van der Waals surface area (Å²) >= 11 is 0. The Kier molecular flexibility index (Phi) is 5.43. The van der Waals surface area contributed by atoms with Crippen LogP contribution >= 0.6 is 0 Å². The first kappa shape index (κ1) is 19.8. The smallest absolute Gasteiger partial charge is 0.219 e. The fraction of sp³-hybridized carbons (Fsp3) is 0.435. The largest absolute Gasteiger partial charge is 0.477 e. The molecule has 1 saturated carbocycles. The third-order valence-corrected chi connectivity index (χ3v) is 6.19. The van der Waals surface area contributed by atoms with Crippen LogP contribution < -0.4 is 15.4 Å². The summed E-state index contributed by atoms with van der Waals surface area (Å²) in [5.74, 6) is 1.61. The molecule has 0 amide bonds. The van der Waals surface area contributed by atoms with Crippen molar-refractivity contribution in [1.82, 2.24) is 19.9 Å². The topological polar surface area (TPSA) is 87.3 Å². The second-order valence-corrected chi connectivity index (χ2v) is 8.43. The number of piperidine rings is 1. The molecule has 2 aromatic heterocycles. The summed E-state index contributed by atoms with van der Waals surface area (Å²) in [5.41, 5.74) is 2.62. The monoisotopic (exact) mass is 420 g/mol. The first-order chi connectivity index (χ1) is 15.2. The molecule has 1 aliphatic carbocycles. The molecule has 0 bridgehead atoms. The number of nitriles is 1. The number of ether oxygens (including phenoxy) is 1. The van der Waals surface area contributed by atoms with Gasteiger partial charge in [-0.15, -0.1) is 0 Å². The Labute approximate surface area is 180 Å². The minimum Gasteiger partial charge on any atom is -0.477 e. The van der Waals surface area contributed by atoms with E-state index in [2.05, 4.69) is 15.7 Å². The average Bonchev–Trinajstić information content (AvgIpc) is 3.15. The third kappa shape index (κ3) is 4.19. The number of aromatic nitrogens is 3. The maximum atomic E-state index is 13.9. The molecule has 2 aliphatic rings. The van der Waals surface area contributed by atoms with Crippen molar-refractivity contribution in [3.8, 4) is 11.9 Å². The van der Waals surface area contributed by atoms with Gasteiger partial charge in [-0.1, -0.05) is 6.42 Å². The van der Waals surface area contributed by atoms with E-state index in [9.17, 15) is 4.39 Å². The van der Waals surface area contributed by atoms with Gasteiger partial charge in [-0.2, -0.15) is 19.9 Å². The Bertz CT molecular complexity index is 1130. The highest BCUT2D eigenvalue weighted by Crippen LogP contribution is 2.39. The zero-order valence-corrected chi connectivity index (χ0v) is 17.3. The van der Waals surface area contributed by atoms with Crippen molar-refractivity contribution >= 4 is 17.2 Å². The summed E-state index contributed by atoms with van der Waals surface area (Å²) in [6.45, 7) is 2.61. The lowest BCUT2D eigenvalue weighted by atomic mass is 9.81. The van der Waals surface area contributed by atoms with Gasteiger partial charge in [-0.05, 0) is 56.3 Å². The second-order valence-electron chi connectivity index (χ2n) is 8.43. The summed E-state index contributed by atoms with van der Waals surface area (Å²) in [7, 11) is 0. The van der Waals surface area contributed by atoms with E-state index in [1.807, 2.05) is 12.3 Å². The summed E-state index contributed by atoms with van der Waals surface area (Å²) in [6, 6.07) is 7.96. The van der Waals surface area contributed by atoms with E-state index in [0.717, 1.165) is 50.0 Å². The summed E-state index contributed by atoms with van der Waals surface area (Å²) in [5, 5.41) is 20.3. The number of hydrogen-bond acceptors (Lipinski definition) is 6. The molecule has 0 radical (unpaired) electrons. The van der Waals surface area contributed by atoms with Crippen LogP contribution in [0.3, 0.4) is 0 Å². The van der Waals surface area contributed by atoms with E-state index in [1.54, 1.807) is 16.6 Å². The van der Waals surface area contributed by atoms with Gasteiger partial charge in [0.15, 0.2) is 5.65 Å². The first-order valence-corrected chi connectivity index (χ1v) is 10.9. The molecule has 1 aliphatic heterocycles. The average molecular weight is 420 g/mol. The number of nitrogens with one attached hydrogen (secondary N) is 2. The highest BCUT2D eigenvalue weighted by atomic mass is 19.1. The number of rotatable bonds is 6. The van der Waals surface area contributed by atoms with Gasteiger partial charge in [-0.25, -0.2) is 4.39 Å². The lowest BCUT2D eigenvalue weighted by molar-refractivity contribution is 0.212. The van der Waals surface area contributed by atoms with Crippen molar-refractivity contribution in [3.63, 3.8) is 0 Å². The van der Waals surface area contributed by atoms with E-state index in [0.29, 0.717) is 35.8 Å². The minimum atomic E-state index is -0.469. The molecule has 1 unspecified atom stereocenters. The van der Waals surface area contributed by atoms with Crippen LogP contribution in [-0.4, -0.2) is 34.3 Å². The second kappa shape index (κ2) is 8.52. The van der Waals surface area contributed by atoms with Crippen LogP contribution in [0, 0.1) is 23.1 Å². The van der Waals surface area contributed by atoms with Crippen molar-refractivity contribution in [2.45, 2.75) is 38.0 Å². The molecule has 0 spiro atoms. The molecule has 1 atom stereocenters. The fourth-order valence-corrected chi connectivity index (χ4v) is 4.27. The number of anilines is 2. The van der Waals surface area contributed by atoms with Crippen LogP contribution in [0.1, 0.15) is 49.1 Å². The Balaban J connectivity index is 1.48. The lowest BCUT2D eigenvalue weighted by Crippen LogP contribution is -2.33. The highest BCUT2D eigenvalue weighted by molar-refractivity contribution is 5.64. The van der Waals surface area contributed by atoms with E-state index in [1.165, 1.54) is 18.6 Å². The fourth-order valence-electron chi connectivity index (χ4n) is 4.27. The molecular formula is C23H25FN6O. The van der Waals surface area contributed by atoms with E-state index in [-0.39, 0.29) is 5.56 Å². The van der Waals surface area contributed by atoms with Crippen LogP contribution in [-0.2, 0) is 0 Å². The predicted octanol–water partition coefficient (Wildman–Crippen LogP) is 4.13. The van der Waals surface area contributed by atoms with Gasteiger partial charge in [-0.3, -0.25) is 0 Å². The molecule has 160 valence electrons. The number of halogens is 1. The predicted molar refractivity (Wildman–Crippen MR) is 115 cm³/mol. The van der Waals surface area contributed by atoms with Crippen LogP contribution in [0.4, 0.5) is 15.9 Å². The highest BCUT2D eigenvalue weighted by Gasteiger charge is 2.25. The van der Waals surface area contributed by atoms with Crippen LogP contribution in [0.25, 0.3) is 5.65 Å². The molecule has 7 nitrogen and oxygen atoms in total. The van der Waals surface area contributed by atoms with Gasteiger partial charge >= 0.3 is 0 Å². The molecule has 8 heteroatoms. The first-order valence-electron chi connectivity index (χ1n) is 10.9. The van der Waals surface area contributed by atoms with Gasteiger partial charge in [0.25, 0.3) is 0 Å². The van der Waals surface area contributed by atoms with Crippen molar-refractivity contribution in [2.75, 3.05) is 25.0 Å². The standard InChI is InChI=1S/C23H25FN6O/c24-18-7-16(11-25)8-19(9-18)28-21-10-22(31-14-15-3-2-6-26-12-15)29-23-20(13-27-30(21)23)17-4-1-5-17/h7-10,13,15,17,26,28H,1-6,12,14H2. The molecular weight excluding hydrogens is 395 g/mol. The normalized spacial score (nSPS) is 19.0. The molecule has 3 aromatic rings. The van der Waals surface area contributed by atoms with Crippen LogP contribution in [0.2, 0.25) is 0 Å². The molecule has 1 saturated heterocycles. The molecule has 2 fully saturated rings. The van der Waals surface area contributed by atoms with Crippen LogP contribution in [0.5, 0.6) is 5.88 Å². The summed E-state index contributed by atoms with van der Waals surface area (Å²) in [6.07, 6.45) is 7.67. The van der Waals surface area contributed by atoms with Gasteiger partial charge in [0, 0.05) is 29.8 Å². The SMILES string of the molecule is N#Cc1cc(F)cc(Nc2cc(OCC3CCCNC3)nc3c(C4CCC4)cnn23)c1. The zero-order chi connectivity index (χ0) is 21.2. The Hall–Kier alpha value is -3.18. The van der Waals surface area contributed by atoms with Gasteiger partial charge in [0.2, 0.25) is 5.88 Å². The Morgan fingerprint density at radius 1 is 1.23 bits per heavy atom. The maximum Gasteiger partial charge on any atom is 0.219 e. The summed E-state index contributed by atoms with van der Waals surface area (Å²) < 4.78 is 21.8. The van der Waals surface area contributed by atoms with E-state index in [4.69, 9.17) is 15.0 Å². The molecule has 1 aromatic carbocycles. The van der Waals surface area contributed by atoms with Gasteiger partial charge in [0.05, 0.1) is 24.4 Å². The number of benzene rings is 1. The number of fused-ring (bicyclic) bond motifs is 1. The third-order valence-electron chi connectivity index (χ3n) is 6.19. The number of nitrogens with zero attached hydrogens (tertiary/aromatic N) is 4. The van der Waals surface area contributed by atoms with Crippen molar-refractivity contribution < 1.29 is 9.13 Å². The number of hydrogen-bond donors (Lipinski definition) is 2. The maximum absolute atomic E-state index is 13.9. The molecule has 3 heterocycles. The van der Waals surface area contributed by atoms with E-state index < -0.39 is 5.82 Å². The van der Waals surface area contributed by atoms with Crippen LogP contribution in [0.15, 0.2) is 30.5 Å². The lowest BCUT2D eigenvalue weighted by Gasteiger charge is -2.24. The van der Waals surface area contributed by atoms with Crippen molar-refractivity contribution in [1.29, 1.82) is 5.26 Å². The molecule has 31 heavy (non-hydrogen) atoms. The summed E-state index contributed by atoms with van der Waals surface area (Å²) in [4.78, 5) is 4.77. The zero-order valence-electron chi connectivity index (χ0n) is 17.3. The quantitative estimate of drug-likeness (QED) is 0.624. The Morgan fingerprint density at radius 3 is 2.87 bits per heavy atom. The molecule has 5 rings (SSSR count). The van der Waals surface area contributed by atoms with Crippen molar-refractivity contribution in [2.24, 2.45) is 5.92 Å². The van der Waals surface area contributed by atoms with E-state index >= 15 is 0 Å².